The Morgan fingerprint density at radius 3 is 2.60 bits per heavy atom. The van der Waals surface area contributed by atoms with Crippen molar-refractivity contribution in [3.8, 4) is 5.75 Å². The van der Waals surface area contributed by atoms with Crippen molar-refractivity contribution in [2.75, 3.05) is 20.2 Å². The molecule has 0 aromatic carbocycles. The first-order chi connectivity index (χ1) is 7.16. The molecule has 1 aromatic rings. The van der Waals surface area contributed by atoms with E-state index in [1.54, 1.807) is 0 Å². The highest BCUT2D eigenvalue weighted by Gasteiger charge is 2.09. The van der Waals surface area contributed by atoms with E-state index in [0.717, 1.165) is 43.1 Å². The lowest BCUT2D eigenvalue weighted by Gasteiger charge is -2.06. The van der Waals surface area contributed by atoms with Crippen LogP contribution in [0.5, 0.6) is 5.75 Å². The normalized spacial score (nSPS) is 10.7. The number of unbranched alkanes of at least 4 members (excludes halogenated alkanes) is 1. The Hall–Kier alpha value is -1.03. The fourth-order valence-electron chi connectivity index (χ4n) is 1.54. The summed E-state index contributed by atoms with van der Waals surface area (Å²) in [6, 6.07) is 0. The van der Waals surface area contributed by atoms with E-state index in [-0.39, 0.29) is 0 Å². The zero-order valence-electron chi connectivity index (χ0n) is 10.1. The van der Waals surface area contributed by atoms with E-state index in [4.69, 9.17) is 4.74 Å². The Morgan fingerprint density at radius 2 is 2.07 bits per heavy atom. The Balaban J connectivity index is 2.37. The highest BCUT2D eigenvalue weighted by Crippen LogP contribution is 2.21. The standard InChI is InChI=1S/C11H21N3O/c1-9-11(10(2)14(4)13-9)15-8-6-5-7-12-3/h12H,5-8H2,1-4H3. The lowest BCUT2D eigenvalue weighted by atomic mass is 10.3. The van der Waals surface area contributed by atoms with Crippen molar-refractivity contribution in [3.05, 3.63) is 11.4 Å². The minimum atomic E-state index is 0.773. The van der Waals surface area contributed by atoms with Crippen LogP contribution in [0.2, 0.25) is 0 Å². The molecule has 0 fully saturated rings. The Bertz CT molecular complexity index is 307. The molecule has 0 aliphatic heterocycles. The number of rotatable bonds is 6. The molecule has 0 spiro atoms. The molecule has 0 atom stereocenters. The second-order valence-electron chi connectivity index (χ2n) is 3.78. The molecule has 0 bridgehead atoms. The van der Waals surface area contributed by atoms with Gasteiger partial charge in [0.25, 0.3) is 0 Å². The molecule has 1 heterocycles. The van der Waals surface area contributed by atoms with E-state index in [1.807, 2.05) is 32.6 Å². The Labute approximate surface area is 91.6 Å². The van der Waals surface area contributed by atoms with Crippen molar-refractivity contribution in [2.45, 2.75) is 26.7 Å². The maximum Gasteiger partial charge on any atom is 0.162 e. The van der Waals surface area contributed by atoms with Gasteiger partial charge in [-0.25, -0.2) is 0 Å². The number of aromatic nitrogens is 2. The third kappa shape index (κ3) is 3.23. The van der Waals surface area contributed by atoms with Crippen LogP contribution in [-0.2, 0) is 7.05 Å². The van der Waals surface area contributed by atoms with Gasteiger partial charge < -0.3 is 10.1 Å². The molecule has 0 unspecified atom stereocenters. The Morgan fingerprint density at radius 1 is 1.33 bits per heavy atom. The zero-order chi connectivity index (χ0) is 11.3. The number of nitrogens with one attached hydrogen (secondary N) is 1. The maximum atomic E-state index is 5.72. The minimum absolute atomic E-state index is 0.773. The molecule has 4 heteroatoms. The van der Waals surface area contributed by atoms with Crippen molar-refractivity contribution >= 4 is 0 Å². The van der Waals surface area contributed by atoms with Gasteiger partial charge in [-0.1, -0.05) is 0 Å². The molecule has 0 saturated carbocycles. The first-order valence-electron chi connectivity index (χ1n) is 5.44. The van der Waals surface area contributed by atoms with Gasteiger partial charge in [0, 0.05) is 7.05 Å². The molecule has 0 amide bonds. The second-order valence-corrected chi connectivity index (χ2v) is 3.78. The number of hydrogen-bond donors (Lipinski definition) is 1. The van der Waals surface area contributed by atoms with Gasteiger partial charge in [0.05, 0.1) is 12.3 Å². The molecular formula is C11H21N3O. The van der Waals surface area contributed by atoms with Crippen molar-refractivity contribution in [3.63, 3.8) is 0 Å². The van der Waals surface area contributed by atoms with Gasteiger partial charge >= 0.3 is 0 Å². The van der Waals surface area contributed by atoms with E-state index < -0.39 is 0 Å². The smallest absolute Gasteiger partial charge is 0.162 e. The predicted octanol–water partition coefficient (Wildman–Crippen LogP) is 1.42. The van der Waals surface area contributed by atoms with Gasteiger partial charge in [0.15, 0.2) is 5.75 Å². The average molecular weight is 211 g/mol. The summed E-state index contributed by atoms with van der Waals surface area (Å²) in [6.07, 6.45) is 2.23. The molecule has 1 N–H and O–H groups in total. The van der Waals surface area contributed by atoms with E-state index >= 15 is 0 Å². The molecule has 15 heavy (non-hydrogen) atoms. The monoisotopic (exact) mass is 211 g/mol. The van der Waals surface area contributed by atoms with Gasteiger partial charge in [-0.3, -0.25) is 4.68 Å². The van der Waals surface area contributed by atoms with E-state index in [1.165, 1.54) is 0 Å². The molecule has 4 nitrogen and oxygen atoms in total. The quantitative estimate of drug-likeness (QED) is 0.723. The lowest BCUT2D eigenvalue weighted by molar-refractivity contribution is 0.302. The summed E-state index contributed by atoms with van der Waals surface area (Å²) in [5.74, 6) is 0.946. The minimum Gasteiger partial charge on any atom is -0.490 e. The van der Waals surface area contributed by atoms with Gasteiger partial charge in [0.2, 0.25) is 0 Å². The summed E-state index contributed by atoms with van der Waals surface area (Å²) in [4.78, 5) is 0. The second kappa shape index (κ2) is 5.75. The molecule has 1 rings (SSSR count). The summed E-state index contributed by atoms with van der Waals surface area (Å²) in [5, 5.41) is 7.43. The van der Waals surface area contributed by atoms with Crippen molar-refractivity contribution in [1.82, 2.24) is 15.1 Å². The highest BCUT2D eigenvalue weighted by molar-refractivity contribution is 5.31. The largest absolute Gasteiger partial charge is 0.490 e. The van der Waals surface area contributed by atoms with Crippen LogP contribution >= 0.6 is 0 Å². The van der Waals surface area contributed by atoms with Crippen LogP contribution in [0.4, 0.5) is 0 Å². The van der Waals surface area contributed by atoms with Crippen LogP contribution in [0.3, 0.4) is 0 Å². The summed E-state index contributed by atoms with van der Waals surface area (Å²) < 4.78 is 7.58. The summed E-state index contributed by atoms with van der Waals surface area (Å²) >= 11 is 0. The van der Waals surface area contributed by atoms with Crippen molar-refractivity contribution < 1.29 is 4.74 Å². The highest BCUT2D eigenvalue weighted by atomic mass is 16.5. The van der Waals surface area contributed by atoms with Gasteiger partial charge in [-0.2, -0.15) is 5.10 Å². The third-order valence-corrected chi connectivity index (χ3v) is 2.51. The molecule has 1 aromatic heterocycles. The fraction of sp³-hybridized carbons (Fsp3) is 0.727. The molecule has 0 aliphatic rings. The van der Waals surface area contributed by atoms with Crippen molar-refractivity contribution in [2.24, 2.45) is 7.05 Å². The molecule has 86 valence electrons. The lowest BCUT2D eigenvalue weighted by Crippen LogP contribution is -2.09. The van der Waals surface area contributed by atoms with Crippen LogP contribution < -0.4 is 10.1 Å². The van der Waals surface area contributed by atoms with Gasteiger partial charge in [-0.05, 0) is 40.3 Å². The number of hydrogen-bond acceptors (Lipinski definition) is 3. The van der Waals surface area contributed by atoms with E-state index in [2.05, 4.69) is 10.4 Å². The predicted molar refractivity (Wildman–Crippen MR) is 61.3 cm³/mol. The molecule has 0 saturated heterocycles. The number of aryl methyl sites for hydroxylation is 2. The first-order valence-corrected chi connectivity index (χ1v) is 5.44. The number of ether oxygens (including phenoxy) is 1. The molecule has 0 radical (unpaired) electrons. The maximum absolute atomic E-state index is 5.72. The van der Waals surface area contributed by atoms with E-state index in [9.17, 15) is 0 Å². The molecule has 0 aliphatic carbocycles. The van der Waals surface area contributed by atoms with Crippen LogP contribution in [0, 0.1) is 13.8 Å². The zero-order valence-corrected chi connectivity index (χ0v) is 10.1. The van der Waals surface area contributed by atoms with Gasteiger partial charge in [-0.15, -0.1) is 0 Å². The van der Waals surface area contributed by atoms with Crippen LogP contribution in [-0.4, -0.2) is 30.0 Å². The SMILES string of the molecule is CNCCCCOc1c(C)nn(C)c1C. The summed E-state index contributed by atoms with van der Waals surface area (Å²) in [7, 11) is 3.91. The summed E-state index contributed by atoms with van der Waals surface area (Å²) in [6.45, 7) is 5.84. The van der Waals surface area contributed by atoms with E-state index in [0.29, 0.717) is 0 Å². The average Bonchev–Trinajstić information content (AvgIpc) is 2.44. The molecular weight excluding hydrogens is 190 g/mol. The third-order valence-electron chi connectivity index (χ3n) is 2.51. The van der Waals surface area contributed by atoms with Crippen molar-refractivity contribution in [1.29, 1.82) is 0 Å². The topological polar surface area (TPSA) is 39.1 Å². The number of nitrogens with zero attached hydrogens (tertiary/aromatic N) is 2. The summed E-state index contributed by atoms with van der Waals surface area (Å²) in [5.41, 5.74) is 2.07. The van der Waals surface area contributed by atoms with Crippen LogP contribution in [0.1, 0.15) is 24.2 Å². The van der Waals surface area contributed by atoms with Gasteiger partial charge in [0.1, 0.15) is 5.69 Å². The first kappa shape index (κ1) is 12.0. The fourth-order valence-corrected chi connectivity index (χ4v) is 1.54. The van der Waals surface area contributed by atoms with Crippen LogP contribution in [0.15, 0.2) is 0 Å². The van der Waals surface area contributed by atoms with Crippen LogP contribution in [0.25, 0.3) is 0 Å². The Kier molecular flexibility index (Phi) is 4.62.